The van der Waals surface area contributed by atoms with Crippen LogP contribution in [0.4, 0.5) is 0 Å². The Balaban J connectivity index is 1.82. The molecule has 0 bridgehead atoms. The molecular formula is C20H19NO3. The van der Waals surface area contributed by atoms with Gasteiger partial charge in [0, 0.05) is 6.54 Å². The van der Waals surface area contributed by atoms with E-state index in [2.05, 4.69) is 5.32 Å². The average Bonchev–Trinajstić information content (AvgIpc) is 3.15. The third kappa shape index (κ3) is 3.73. The number of hydrogen-bond donors (Lipinski definition) is 1. The van der Waals surface area contributed by atoms with Crippen molar-refractivity contribution in [2.24, 2.45) is 0 Å². The summed E-state index contributed by atoms with van der Waals surface area (Å²) < 4.78 is 10.2. The van der Waals surface area contributed by atoms with E-state index in [1.165, 1.54) is 7.11 Å². The summed E-state index contributed by atoms with van der Waals surface area (Å²) >= 11 is 0. The van der Waals surface area contributed by atoms with Crippen LogP contribution in [0, 0.1) is 0 Å². The largest absolute Gasteiger partial charge is 0.468 e. The molecule has 4 nitrogen and oxygen atoms in total. The highest BCUT2D eigenvalue weighted by Gasteiger charge is 2.13. The molecule has 1 heterocycles. The summed E-state index contributed by atoms with van der Waals surface area (Å²) in [5.74, 6) is 0.563. The second-order valence-electron chi connectivity index (χ2n) is 5.42. The third-order valence-corrected chi connectivity index (χ3v) is 3.78. The maximum absolute atomic E-state index is 12.0. The van der Waals surface area contributed by atoms with E-state index in [1.807, 2.05) is 60.7 Å². The molecule has 0 aliphatic carbocycles. The van der Waals surface area contributed by atoms with Crippen LogP contribution in [0.25, 0.3) is 11.1 Å². The van der Waals surface area contributed by atoms with Crippen molar-refractivity contribution in [2.75, 3.05) is 7.11 Å². The molecule has 2 aromatic carbocycles. The summed E-state index contributed by atoms with van der Waals surface area (Å²) in [5, 5.41) is 3.34. The molecule has 0 amide bonds. The predicted octanol–water partition coefficient (Wildman–Crippen LogP) is 4.02. The molecule has 0 fully saturated rings. The minimum atomic E-state index is -0.330. The number of esters is 1. The van der Waals surface area contributed by atoms with Gasteiger partial charge in [0.15, 0.2) is 0 Å². The number of hydrogen-bond acceptors (Lipinski definition) is 4. The lowest BCUT2D eigenvalue weighted by atomic mass is 9.97. The highest BCUT2D eigenvalue weighted by molar-refractivity contribution is 5.97. The first-order valence-corrected chi connectivity index (χ1v) is 7.77. The first-order chi connectivity index (χ1) is 11.8. The Bertz CT molecular complexity index is 795. The monoisotopic (exact) mass is 321 g/mol. The summed E-state index contributed by atoms with van der Waals surface area (Å²) in [4.78, 5) is 12.0. The van der Waals surface area contributed by atoms with E-state index in [4.69, 9.17) is 9.15 Å². The van der Waals surface area contributed by atoms with Gasteiger partial charge < -0.3 is 14.5 Å². The molecule has 0 aliphatic rings. The molecule has 1 aromatic heterocycles. The van der Waals surface area contributed by atoms with Gasteiger partial charge in [-0.15, -0.1) is 0 Å². The van der Waals surface area contributed by atoms with Crippen LogP contribution >= 0.6 is 0 Å². The number of rotatable bonds is 6. The fraction of sp³-hybridized carbons (Fsp3) is 0.150. The first-order valence-electron chi connectivity index (χ1n) is 7.77. The molecule has 0 unspecified atom stereocenters. The number of nitrogens with one attached hydrogen (secondary N) is 1. The molecule has 0 aliphatic heterocycles. The Hall–Kier alpha value is -2.85. The van der Waals surface area contributed by atoms with E-state index in [0.717, 1.165) is 22.5 Å². The number of methoxy groups -OCH3 is 1. The van der Waals surface area contributed by atoms with Crippen LogP contribution < -0.4 is 5.32 Å². The summed E-state index contributed by atoms with van der Waals surface area (Å²) in [6.45, 7) is 1.34. The zero-order valence-corrected chi connectivity index (χ0v) is 13.5. The van der Waals surface area contributed by atoms with Crippen LogP contribution in [0.15, 0.2) is 71.3 Å². The van der Waals surface area contributed by atoms with Crippen molar-refractivity contribution >= 4 is 5.97 Å². The number of carbonyl (C=O) groups is 1. The minimum absolute atomic E-state index is 0.330. The minimum Gasteiger partial charge on any atom is -0.468 e. The maximum atomic E-state index is 12.0. The lowest BCUT2D eigenvalue weighted by Crippen LogP contribution is -2.13. The van der Waals surface area contributed by atoms with E-state index < -0.39 is 0 Å². The number of furan rings is 1. The molecule has 3 aromatic rings. The molecular weight excluding hydrogens is 302 g/mol. The molecule has 122 valence electrons. The summed E-state index contributed by atoms with van der Waals surface area (Å²) in [6.07, 6.45) is 1.66. The molecule has 0 saturated carbocycles. The molecule has 0 saturated heterocycles. The molecule has 0 radical (unpaired) electrons. The van der Waals surface area contributed by atoms with E-state index in [1.54, 1.807) is 6.26 Å². The summed E-state index contributed by atoms with van der Waals surface area (Å²) in [6, 6.07) is 19.4. The van der Waals surface area contributed by atoms with Crippen LogP contribution in [-0.2, 0) is 17.8 Å². The van der Waals surface area contributed by atoms with Crippen molar-refractivity contribution in [1.82, 2.24) is 5.32 Å². The highest BCUT2D eigenvalue weighted by Crippen LogP contribution is 2.25. The number of ether oxygens (including phenoxy) is 1. The summed E-state index contributed by atoms with van der Waals surface area (Å²) in [7, 11) is 1.40. The fourth-order valence-electron chi connectivity index (χ4n) is 2.59. The van der Waals surface area contributed by atoms with Gasteiger partial charge in [-0.3, -0.25) is 0 Å². The van der Waals surface area contributed by atoms with Crippen LogP contribution in [0.1, 0.15) is 21.7 Å². The molecule has 1 N–H and O–H groups in total. The zero-order chi connectivity index (χ0) is 16.8. The van der Waals surface area contributed by atoms with Gasteiger partial charge in [-0.25, -0.2) is 4.79 Å². The van der Waals surface area contributed by atoms with Gasteiger partial charge in [0.1, 0.15) is 5.76 Å². The van der Waals surface area contributed by atoms with Gasteiger partial charge in [-0.05, 0) is 41.0 Å². The smallest absolute Gasteiger partial charge is 0.338 e. The Kier molecular flexibility index (Phi) is 5.08. The Morgan fingerprint density at radius 2 is 1.88 bits per heavy atom. The van der Waals surface area contributed by atoms with Crippen molar-refractivity contribution < 1.29 is 13.9 Å². The van der Waals surface area contributed by atoms with Crippen molar-refractivity contribution in [3.05, 3.63) is 83.8 Å². The van der Waals surface area contributed by atoms with E-state index in [0.29, 0.717) is 18.7 Å². The predicted molar refractivity (Wildman–Crippen MR) is 92.5 cm³/mol. The standard InChI is InChI=1S/C20H19NO3/c1-23-20(22)18-10-9-15(13-21-14-17-8-5-11-24-17)12-19(18)16-6-3-2-4-7-16/h2-12,21H,13-14H2,1H3. The normalized spacial score (nSPS) is 10.5. The van der Waals surface area contributed by atoms with E-state index in [9.17, 15) is 4.79 Å². The quantitative estimate of drug-likeness (QED) is 0.697. The van der Waals surface area contributed by atoms with Gasteiger partial charge >= 0.3 is 5.97 Å². The second kappa shape index (κ2) is 7.62. The third-order valence-electron chi connectivity index (χ3n) is 3.78. The van der Waals surface area contributed by atoms with Gasteiger partial charge in [0.2, 0.25) is 0 Å². The molecule has 0 spiro atoms. The average molecular weight is 321 g/mol. The molecule has 4 heteroatoms. The van der Waals surface area contributed by atoms with Crippen LogP contribution in [0.5, 0.6) is 0 Å². The highest BCUT2D eigenvalue weighted by atomic mass is 16.5. The van der Waals surface area contributed by atoms with Crippen LogP contribution in [0.2, 0.25) is 0 Å². The van der Waals surface area contributed by atoms with E-state index in [-0.39, 0.29) is 5.97 Å². The van der Waals surface area contributed by atoms with Crippen molar-refractivity contribution in [1.29, 1.82) is 0 Å². The Labute approximate surface area is 141 Å². The first kappa shape index (κ1) is 16.0. The molecule has 3 rings (SSSR count). The fourth-order valence-corrected chi connectivity index (χ4v) is 2.59. The van der Waals surface area contributed by atoms with Gasteiger partial charge in [-0.2, -0.15) is 0 Å². The summed E-state index contributed by atoms with van der Waals surface area (Å²) in [5.41, 5.74) is 3.53. The van der Waals surface area contributed by atoms with Crippen molar-refractivity contribution in [2.45, 2.75) is 13.1 Å². The SMILES string of the molecule is COC(=O)c1ccc(CNCc2ccco2)cc1-c1ccccc1. The zero-order valence-electron chi connectivity index (χ0n) is 13.5. The van der Waals surface area contributed by atoms with Crippen LogP contribution in [0.3, 0.4) is 0 Å². The maximum Gasteiger partial charge on any atom is 0.338 e. The Morgan fingerprint density at radius 1 is 1.04 bits per heavy atom. The second-order valence-corrected chi connectivity index (χ2v) is 5.42. The lowest BCUT2D eigenvalue weighted by Gasteiger charge is -2.11. The van der Waals surface area contributed by atoms with Gasteiger partial charge in [-0.1, -0.05) is 36.4 Å². The van der Waals surface area contributed by atoms with Gasteiger partial charge in [0.25, 0.3) is 0 Å². The van der Waals surface area contributed by atoms with E-state index >= 15 is 0 Å². The molecule has 24 heavy (non-hydrogen) atoms. The Morgan fingerprint density at radius 3 is 2.58 bits per heavy atom. The lowest BCUT2D eigenvalue weighted by molar-refractivity contribution is 0.0601. The van der Waals surface area contributed by atoms with Crippen molar-refractivity contribution in [3.8, 4) is 11.1 Å². The van der Waals surface area contributed by atoms with Crippen molar-refractivity contribution in [3.63, 3.8) is 0 Å². The van der Waals surface area contributed by atoms with Crippen LogP contribution in [-0.4, -0.2) is 13.1 Å². The number of carbonyl (C=O) groups excluding carboxylic acids is 1. The topological polar surface area (TPSA) is 51.5 Å². The molecule has 0 atom stereocenters. The number of benzene rings is 2. The van der Waals surface area contributed by atoms with Gasteiger partial charge in [0.05, 0.1) is 25.5 Å².